The summed E-state index contributed by atoms with van der Waals surface area (Å²) in [6.07, 6.45) is 0.804. The predicted octanol–water partition coefficient (Wildman–Crippen LogP) is 3.26. The first-order valence-electron chi connectivity index (χ1n) is 5.42. The first kappa shape index (κ1) is 14.6. The van der Waals surface area contributed by atoms with Gasteiger partial charge in [-0.3, -0.25) is 0 Å². The van der Waals surface area contributed by atoms with Gasteiger partial charge < -0.3 is 15.2 Å². The van der Waals surface area contributed by atoms with E-state index in [-0.39, 0.29) is 6.10 Å². The Labute approximate surface area is 112 Å². The monoisotopic (exact) mass is 277 g/mol. The smallest absolute Gasteiger partial charge is 0.142 e. The van der Waals surface area contributed by atoms with E-state index in [1.807, 2.05) is 6.92 Å². The molecule has 0 aliphatic rings. The molecule has 17 heavy (non-hydrogen) atoms. The van der Waals surface area contributed by atoms with Gasteiger partial charge in [0.15, 0.2) is 0 Å². The number of hydrogen-bond acceptors (Lipinski definition) is 3. The molecule has 0 bridgehead atoms. The molecule has 0 saturated heterocycles. The Hall–Kier alpha value is -0.480. The highest BCUT2D eigenvalue weighted by atomic mass is 35.5. The lowest BCUT2D eigenvalue weighted by Gasteiger charge is -2.18. The fourth-order valence-electron chi connectivity index (χ4n) is 1.44. The van der Waals surface area contributed by atoms with Gasteiger partial charge in [-0.2, -0.15) is 0 Å². The van der Waals surface area contributed by atoms with Crippen molar-refractivity contribution >= 4 is 23.2 Å². The van der Waals surface area contributed by atoms with Crippen molar-refractivity contribution in [1.82, 2.24) is 0 Å². The Bertz CT molecular complexity index is 372. The minimum absolute atomic E-state index is 0.0129. The van der Waals surface area contributed by atoms with Gasteiger partial charge in [0.25, 0.3) is 0 Å². The summed E-state index contributed by atoms with van der Waals surface area (Å²) in [7, 11) is 1.66. The Morgan fingerprint density at radius 2 is 2.06 bits per heavy atom. The van der Waals surface area contributed by atoms with Crippen molar-refractivity contribution in [3.8, 4) is 5.75 Å². The minimum atomic E-state index is 0.0129. The van der Waals surface area contributed by atoms with Gasteiger partial charge in [0.2, 0.25) is 0 Å². The van der Waals surface area contributed by atoms with E-state index in [1.54, 1.807) is 19.2 Å². The molecule has 0 heterocycles. The second-order valence-electron chi connectivity index (χ2n) is 3.79. The fraction of sp³-hybridized carbons (Fsp3) is 0.500. The Kier molecular flexibility index (Phi) is 6.06. The highest BCUT2D eigenvalue weighted by Crippen LogP contribution is 2.33. The third-order valence-electron chi connectivity index (χ3n) is 2.35. The number of rotatable bonds is 6. The highest BCUT2D eigenvalue weighted by molar-refractivity contribution is 6.35. The molecule has 1 rings (SSSR count). The normalized spacial score (nSPS) is 12.5. The second-order valence-corrected chi connectivity index (χ2v) is 4.63. The summed E-state index contributed by atoms with van der Waals surface area (Å²) < 4.78 is 10.8. The Balaban J connectivity index is 2.82. The molecule has 0 aliphatic heterocycles. The molecule has 1 atom stereocenters. The van der Waals surface area contributed by atoms with Crippen molar-refractivity contribution in [2.24, 2.45) is 5.73 Å². The van der Waals surface area contributed by atoms with Crippen LogP contribution in [0.5, 0.6) is 5.75 Å². The summed E-state index contributed by atoms with van der Waals surface area (Å²) in [5, 5.41) is 1.05. The van der Waals surface area contributed by atoms with Crippen LogP contribution < -0.4 is 10.5 Å². The predicted molar refractivity (Wildman–Crippen MR) is 70.9 cm³/mol. The van der Waals surface area contributed by atoms with E-state index < -0.39 is 0 Å². The van der Waals surface area contributed by atoms with Crippen LogP contribution in [0.4, 0.5) is 0 Å². The SMILES string of the molecule is COCCC(C)Oc1c(Cl)cc(Cl)cc1CN. The van der Waals surface area contributed by atoms with Crippen LogP contribution in [-0.2, 0) is 11.3 Å². The van der Waals surface area contributed by atoms with Gasteiger partial charge >= 0.3 is 0 Å². The molecule has 5 heteroatoms. The number of ether oxygens (including phenoxy) is 2. The average molecular weight is 278 g/mol. The van der Waals surface area contributed by atoms with Crippen molar-refractivity contribution in [3.63, 3.8) is 0 Å². The lowest BCUT2D eigenvalue weighted by atomic mass is 10.2. The van der Waals surface area contributed by atoms with Gasteiger partial charge in [0.1, 0.15) is 5.75 Å². The molecule has 3 nitrogen and oxygen atoms in total. The van der Waals surface area contributed by atoms with E-state index in [9.17, 15) is 0 Å². The topological polar surface area (TPSA) is 44.5 Å². The lowest BCUT2D eigenvalue weighted by molar-refractivity contribution is 0.134. The second kappa shape index (κ2) is 7.07. The molecule has 0 saturated carbocycles. The van der Waals surface area contributed by atoms with Gasteiger partial charge in [-0.25, -0.2) is 0 Å². The van der Waals surface area contributed by atoms with Crippen LogP contribution in [0.15, 0.2) is 12.1 Å². The molecule has 1 aromatic rings. The van der Waals surface area contributed by atoms with Crippen LogP contribution in [-0.4, -0.2) is 19.8 Å². The number of benzene rings is 1. The molecule has 0 spiro atoms. The van der Waals surface area contributed by atoms with Crippen molar-refractivity contribution < 1.29 is 9.47 Å². The summed E-state index contributed by atoms with van der Waals surface area (Å²) >= 11 is 12.0. The van der Waals surface area contributed by atoms with E-state index in [2.05, 4.69) is 0 Å². The van der Waals surface area contributed by atoms with Crippen LogP contribution in [0.2, 0.25) is 10.0 Å². The molecule has 96 valence electrons. The van der Waals surface area contributed by atoms with Gasteiger partial charge in [-0.15, -0.1) is 0 Å². The van der Waals surface area contributed by atoms with Crippen LogP contribution in [0.1, 0.15) is 18.9 Å². The van der Waals surface area contributed by atoms with Crippen LogP contribution >= 0.6 is 23.2 Å². The zero-order chi connectivity index (χ0) is 12.8. The van der Waals surface area contributed by atoms with Crippen LogP contribution in [0.3, 0.4) is 0 Å². The van der Waals surface area contributed by atoms with Crippen molar-refractivity contribution in [2.45, 2.75) is 26.0 Å². The van der Waals surface area contributed by atoms with Crippen molar-refractivity contribution in [1.29, 1.82) is 0 Å². The molecular weight excluding hydrogens is 261 g/mol. The molecular formula is C12H17Cl2NO2. The van der Waals surface area contributed by atoms with Gasteiger partial charge in [-0.05, 0) is 19.1 Å². The van der Waals surface area contributed by atoms with E-state index in [0.717, 1.165) is 12.0 Å². The average Bonchev–Trinajstić information content (AvgIpc) is 2.29. The zero-order valence-electron chi connectivity index (χ0n) is 10.0. The summed E-state index contributed by atoms with van der Waals surface area (Å²) in [5.41, 5.74) is 6.45. The highest BCUT2D eigenvalue weighted by Gasteiger charge is 2.13. The number of halogens is 2. The standard InChI is InChI=1S/C12H17Cl2NO2/c1-8(3-4-16-2)17-12-9(7-15)5-10(13)6-11(12)14/h5-6,8H,3-4,7,15H2,1-2H3. The van der Waals surface area contributed by atoms with Crippen molar-refractivity contribution in [2.75, 3.05) is 13.7 Å². The van der Waals surface area contributed by atoms with Gasteiger partial charge in [-0.1, -0.05) is 23.2 Å². The third-order valence-corrected chi connectivity index (χ3v) is 2.85. The summed E-state index contributed by atoms with van der Waals surface area (Å²) in [6.45, 7) is 2.95. The van der Waals surface area contributed by atoms with E-state index >= 15 is 0 Å². The van der Waals surface area contributed by atoms with E-state index in [1.165, 1.54) is 0 Å². The van der Waals surface area contributed by atoms with Crippen LogP contribution in [0, 0.1) is 0 Å². The quantitative estimate of drug-likeness (QED) is 0.868. The third kappa shape index (κ3) is 4.36. The van der Waals surface area contributed by atoms with Gasteiger partial charge in [0, 0.05) is 37.3 Å². The zero-order valence-corrected chi connectivity index (χ0v) is 11.5. The molecule has 0 aliphatic carbocycles. The Morgan fingerprint density at radius 1 is 1.35 bits per heavy atom. The molecule has 0 radical (unpaired) electrons. The molecule has 1 unspecified atom stereocenters. The summed E-state index contributed by atoms with van der Waals surface area (Å²) in [6, 6.07) is 3.42. The molecule has 1 aromatic carbocycles. The van der Waals surface area contributed by atoms with Crippen molar-refractivity contribution in [3.05, 3.63) is 27.7 Å². The fourth-order valence-corrected chi connectivity index (χ4v) is 2.02. The molecule has 2 N–H and O–H groups in total. The lowest BCUT2D eigenvalue weighted by Crippen LogP contribution is -2.16. The first-order valence-corrected chi connectivity index (χ1v) is 6.17. The van der Waals surface area contributed by atoms with Crippen LogP contribution in [0.25, 0.3) is 0 Å². The molecule has 0 aromatic heterocycles. The van der Waals surface area contributed by atoms with Gasteiger partial charge in [0.05, 0.1) is 11.1 Å². The maximum absolute atomic E-state index is 6.10. The molecule has 0 fully saturated rings. The summed E-state index contributed by atoms with van der Waals surface area (Å²) in [5.74, 6) is 0.613. The maximum atomic E-state index is 6.10. The maximum Gasteiger partial charge on any atom is 0.142 e. The Morgan fingerprint density at radius 3 is 2.65 bits per heavy atom. The number of methoxy groups -OCH3 is 1. The minimum Gasteiger partial charge on any atom is -0.489 e. The summed E-state index contributed by atoms with van der Waals surface area (Å²) in [4.78, 5) is 0. The number of nitrogens with two attached hydrogens (primary N) is 1. The molecule has 0 amide bonds. The largest absolute Gasteiger partial charge is 0.489 e. The number of hydrogen-bond donors (Lipinski definition) is 1. The van der Waals surface area contributed by atoms with E-state index in [4.69, 9.17) is 38.4 Å². The van der Waals surface area contributed by atoms with E-state index in [0.29, 0.717) is 28.9 Å². The first-order chi connectivity index (χ1) is 8.08.